The molecule has 1 aromatic heterocycles. The zero-order valence-electron chi connectivity index (χ0n) is 19.6. The van der Waals surface area contributed by atoms with Crippen LogP contribution >= 0.6 is 0 Å². The van der Waals surface area contributed by atoms with Gasteiger partial charge in [-0.15, -0.1) is 0 Å². The summed E-state index contributed by atoms with van der Waals surface area (Å²) >= 11 is 0. The number of fused-ring (bicyclic) bond motifs is 3. The topological polar surface area (TPSA) is 58.0 Å². The van der Waals surface area contributed by atoms with E-state index >= 15 is 0 Å². The first-order valence-electron chi connectivity index (χ1n) is 12.0. The van der Waals surface area contributed by atoms with E-state index in [0.717, 1.165) is 73.3 Å². The van der Waals surface area contributed by atoms with Crippen molar-refractivity contribution >= 4 is 33.5 Å². The second-order valence-electron chi connectivity index (χ2n) is 8.77. The Hall–Kier alpha value is -3.51. The first-order chi connectivity index (χ1) is 16.7. The number of carbonyl (C=O) groups is 1. The number of benzene rings is 3. The average Bonchev–Trinajstić information content (AvgIpc) is 3.26. The third kappa shape index (κ3) is 4.73. The molecule has 0 spiro atoms. The van der Waals surface area contributed by atoms with Crippen LogP contribution in [0, 0.1) is 0 Å². The van der Waals surface area contributed by atoms with Crippen molar-refractivity contribution in [1.29, 1.82) is 0 Å². The van der Waals surface area contributed by atoms with Crippen LogP contribution in [0.1, 0.15) is 23.2 Å². The molecule has 176 valence electrons. The van der Waals surface area contributed by atoms with Crippen LogP contribution in [0.25, 0.3) is 21.9 Å². The largest absolute Gasteiger partial charge is 0.495 e. The number of rotatable bonds is 8. The molecule has 0 atom stereocenters. The second-order valence-corrected chi connectivity index (χ2v) is 8.77. The lowest BCUT2D eigenvalue weighted by Gasteiger charge is -2.36. The molecule has 4 aromatic rings. The van der Waals surface area contributed by atoms with E-state index in [4.69, 9.17) is 9.15 Å². The maximum atomic E-state index is 12.7. The van der Waals surface area contributed by atoms with Crippen molar-refractivity contribution in [2.24, 2.45) is 0 Å². The van der Waals surface area contributed by atoms with E-state index in [1.54, 1.807) is 7.11 Å². The van der Waals surface area contributed by atoms with Crippen molar-refractivity contribution in [1.82, 2.24) is 10.2 Å². The first kappa shape index (κ1) is 22.3. The molecule has 1 aliphatic rings. The number of methoxy groups -OCH3 is 1. The van der Waals surface area contributed by atoms with Gasteiger partial charge in [0.15, 0.2) is 0 Å². The smallest absolute Gasteiger partial charge is 0.251 e. The Balaban J connectivity index is 1.06. The van der Waals surface area contributed by atoms with Crippen LogP contribution in [-0.2, 0) is 0 Å². The number of carbonyl (C=O) groups excluding carboxylic acids is 1. The van der Waals surface area contributed by atoms with Crippen LogP contribution in [0.3, 0.4) is 0 Å². The highest BCUT2D eigenvalue weighted by Crippen LogP contribution is 2.29. The van der Waals surface area contributed by atoms with Gasteiger partial charge in [0.05, 0.1) is 12.8 Å². The molecule has 6 heteroatoms. The minimum atomic E-state index is -0.0300. The van der Waals surface area contributed by atoms with E-state index < -0.39 is 0 Å². The average molecular weight is 458 g/mol. The summed E-state index contributed by atoms with van der Waals surface area (Å²) < 4.78 is 11.4. The fourth-order valence-corrected chi connectivity index (χ4v) is 4.74. The lowest BCUT2D eigenvalue weighted by molar-refractivity contribution is 0.0952. The zero-order valence-corrected chi connectivity index (χ0v) is 19.6. The monoisotopic (exact) mass is 457 g/mol. The van der Waals surface area contributed by atoms with Crippen LogP contribution < -0.4 is 15.0 Å². The predicted molar refractivity (Wildman–Crippen MR) is 137 cm³/mol. The molecule has 0 unspecified atom stereocenters. The van der Waals surface area contributed by atoms with E-state index in [9.17, 15) is 4.79 Å². The Kier molecular flexibility index (Phi) is 6.67. The van der Waals surface area contributed by atoms with Crippen LogP contribution in [0.15, 0.2) is 71.1 Å². The van der Waals surface area contributed by atoms with Crippen LogP contribution in [-0.4, -0.2) is 57.2 Å². The van der Waals surface area contributed by atoms with Gasteiger partial charge in [0, 0.05) is 49.1 Å². The Morgan fingerprint density at radius 3 is 2.53 bits per heavy atom. The summed E-state index contributed by atoms with van der Waals surface area (Å²) in [4.78, 5) is 17.6. The van der Waals surface area contributed by atoms with Gasteiger partial charge in [-0.2, -0.15) is 0 Å². The van der Waals surface area contributed by atoms with Gasteiger partial charge in [-0.05, 0) is 55.8 Å². The SMILES string of the molecule is COc1ccccc1N1CCN(CCCCNC(=O)c2ccc3oc4ccccc4c3c2)CC1. The highest BCUT2D eigenvalue weighted by Gasteiger charge is 2.19. The van der Waals surface area contributed by atoms with Crippen LogP contribution in [0.2, 0.25) is 0 Å². The van der Waals surface area contributed by atoms with Crippen molar-refractivity contribution in [2.75, 3.05) is 51.3 Å². The number of hydrogen-bond donors (Lipinski definition) is 1. The summed E-state index contributed by atoms with van der Waals surface area (Å²) in [5.74, 6) is 0.907. The van der Waals surface area contributed by atoms with Gasteiger partial charge < -0.3 is 19.4 Å². The molecular formula is C28H31N3O3. The molecule has 1 fully saturated rings. The summed E-state index contributed by atoms with van der Waals surface area (Å²) in [5.41, 5.74) is 3.50. The molecule has 1 N–H and O–H groups in total. The zero-order chi connectivity index (χ0) is 23.3. The summed E-state index contributed by atoms with van der Waals surface area (Å²) in [6.45, 7) is 5.84. The molecule has 3 aromatic carbocycles. The summed E-state index contributed by atoms with van der Waals surface area (Å²) in [7, 11) is 1.73. The molecule has 0 saturated carbocycles. The number of unbranched alkanes of at least 4 members (excludes halogenated alkanes) is 1. The first-order valence-corrected chi connectivity index (χ1v) is 12.0. The van der Waals surface area contributed by atoms with E-state index in [1.165, 1.54) is 5.69 Å². The maximum Gasteiger partial charge on any atom is 0.251 e. The highest BCUT2D eigenvalue weighted by molar-refractivity contribution is 6.08. The number of anilines is 1. The van der Waals surface area contributed by atoms with Crippen molar-refractivity contribution in [3.8, 4) is 5.75 Å². The Morgan fingerprint density at radius 1 is 0.912 bits per heavy atom. The van der Waals surface area contributed by atoms with Gasteiger partial charge in [0.2, 0.25) is 0 Å². The number of hydrogen-bond acceptors (Lipinski definition) is 5. The standard InChI is InChI=1S/C28H31N3O3/c1-33-27-11-5-3-9-24(27)31-18-16-30(17-19-31)15-7-6-14-29-28(32)21-12-13-26-23(20-21)22-8-2-4-10-25(22)34-26/h2-5,8-13,20H,6-7,14-19H2,1H3,(H,29,32). The number of nitrogens with one attached hydrogen (secondary N) is 1. The van der Waals surface area contributed by atoms with E-state index in [1.807, 2.05) is 54.6 Å². The van der Waals surface area contributed by atoms with Crippen LogP contribution in [0.4, 0.5) is 5.69 Å². The highest BCUT2D eigenvalue weighted by atomic mass is 16.5. The van der Waals surface area contributed by atoms with E-state index in [-0.39, 0.29) is 5.91 Å². The predicted octanol–water partition coefficient (Wildman–Crippen LogP) is 4.93. The van der Waals surface area contributed by atoms with Crippen molar-refractivity contribution in [3.05, 3.63) is 72.3 Å². The minimum absolute atomic E-state index is 0.0300. The van der Waals surface area contributed by atoms with Crippen molar-refractivity contribution in [2.45, 2.75) is 12.8 Å². The Labute approximate surface area is 200 Å². The molecule has 0 bridgehead atoms. The summed E-state index contributed by atoms with van der Waals surface area (Å²) in [6, 6.07) is 21.8. The fraction of sp³-hybridized carbons (Fsp3) is 0.321. The molecule has 1 amide bonds. The van der Waals surface area contributed by atoms with Gasteiger partial charge in [-0.25, -0.2) is 0 Å². The van der Waals surface area contributed by atoms with Crippen molar-refractivity contribution in [3.63, 3.8) is 0 Å². The number of para-hydroxylation sites is 3. The van der Waals surface area contributed by atoms with E-state index in [0.29, 0.717) is 12.1 Å². The molecule has 1 saturated heterocycles. The number of amides is 1. The number of piperazine rings is 1. The molecule has 6 nitrogen and oxygen atoms in total. The summed E-state index contributed by atoms with van der Waals surface area (Å²) in [6.07, 6.45) is 2.04. The van der Waals surface area contributed by atoms with E-state index in [2.05, 4.69) is 27.2 Å². The molecule has 1 aliphatic heterocycles. The number of nitrogens with zero attached hydrogens (tertiary/aromatic N) is 2. The number of ether oxygens (including phenoxy) is 1. The lowest BCUT2D eigenvalue weighted by Crippen LogP contribution is -2.46. The molecule has 34 heavy (non-hydrogen) atoms. The second kappa shape index (κ2) is 10.2. The van der Waals surface area contributed by atoms with Gasteiger partial charge in [0.1, 0.15) is 16.9 Å². The van der Waals surface area contributed by atoms with Crippen molar-refractivity contribution < 1.29 is 13.9 Å². The minimum Gasteiger partial charge on any atom is -0.495 e. The normalized spacial score (nSPS) is 14.6. The van der Waals surface area contributed by atoms with Gasteiger partial charge in [0.25, 0.3) is 5.91 Å². The lowest BCUT2D eigenvalue weighted by atomic mass is 10.1. The van der Waals surface area contributed by atoms with Gasteiger partial charge >= 0.3 is 0 Å². The molecule has 0 aliphatic carbocycles. The molecule has 0 radical (unpaired) electrons. The maximum absolute atomic E-state index is 12.7. The Bertz CT molecular complexity index is 1270. The van der Waals surface area contributed by atoms with Gasteiger partial charge in [-0.3, -0.25) is 9.69 Å². The van der Waals surface area contributed by atoms with Gasteiger partial charge in [-0.1, -0.05) is 30.3 Å². The third-order valence-corrected chi connectivity index (χ3v) is 6.62. The quantitative estimate of drug-likeness (QED) is 0.380. The molecule has 5 rings (SSSR count). The fourth-order valence-electron chi connectivity index (χ4n) is 4.74. The third-order valence-electron chi connectivity index (χ3n) is 6.62. The molecule has 2 heterocycles. The number of furan rings is 1. The van der Waals surface area contributed by atoms with Crippen LogP contribution in [0.5, 0.6) is 5.75 Å². The Morgan fingerprint density at radius 2 is 1.68 bits per heavy atom. The molecular weight excluding hydrogens is 426 g/mol. The summed E-state index contributed by atoms with van der Waals surface area (Å²) in [5, 5.41) is 5.09.